The van der Waals surface area contributed by atoms with Gasteiger partial charge < -0.3 is 0 Å². The molecule has 3 heterocycles. The van der Waals surface area contributed by atoms with Crippen molar-refractivity contribution in [2.24, 2.45) is 0 Å². The highest BCUT2D eigenvalue weighted by Crippen LogP contribution is 2.44. The van der Waals surface area contributed by atoms with Crippen molar-refractivity contribution in [1.82, 2.24) is 8.75 Å². The van der Waals surface area contributed by atoms with E-state index >= 15 is 0 Å². The number of thiophene rings is 2. The van der Waals surface area contributed by atoms with E-state index in [2.05, 4.69) is 68.0 Å². The lowest BCUT2D eigenvalue weighted by Crippen LogP contribution is -1.87. The minimum absolute atomic E-state index is 1.01. The van der Waals surface area contributed by atoms with Crippen molar-refractivity contribution in [3.05, 3.63) is 59.3 Å². The van der Waals surface area contributed by atoms with E-state index in [0.717, 1.165) is 11.0 Å². The lowest BCUT2D eigenvalue weighted by Gasteiger charge is -2.11. The van der Waals surface area contributed by atoms with E-state index in [1.165, 1.54) is 43.4 Å². The van der Waals surface area contributed by atoms with E-state index in [0.29, 0.717) is 0 Å². The van der Waals surface area contributed by atoms with Crippen molar-refractivity contribution < 1.29 is 0 Å². The maximum Gasteiger partial charge on any atom is 0.114 e. The maximum atomic E-state index is 4.64. The summed E-state index contributed by atoms with van der Waals surface area (Å²) in [6, 6.07) is 17.1. The van der Waals surface area contributed by atoms with Crippen molar-refractivity contribution in [3.63, 3.8) is 0 Å². The fourth-order valence-corrected chi connectivity index (χ4v) is 5.16. The molecule has 5 heteroatoms. The first-order chi connectivity index (χ1) is 11.4. The van der Waals surface area contributed by atoms with Crippen LogP contribution in [0.4, 0.5) is 0 Å². The minimum atomic E-state index is 1.01. The Morgan fingerprint density at radius 2 is 1.13 bits per heavy atom. The van der Waals surface area contributed by atoms with E-state index in [1.54, 1.807) is 22.7 Å². The number of rotatable bonds is 2. The van der Waals surface area contributed by atoms with Gasteiger partial charge in [-0.05, 0) is 33.7 Å². The highest BCUT2D eigenvalue weighted by molar-refractivity contribution is 7.14. The van der Waals surface area contributed by atoms with Gasteiger partial charge in [0.15, 0.2) is 0 Å². The Morgan fingerprint density at radius 1 is 0.609 bits per heavy atom. The largest absolute Gasteiger partial charge is 0.172 e. The monoisotopic (exact) mass is 350 g/mol. The van der Waals surface area contributed by atoms with Gasteiger partial charge in [-0.1, -0.05) is 36.4 Å². The van der Waals surface area contributed by atoms with Crippen LogP contribution in [0.1, 0.15) is 0 Å². The highest BCUT2D eigenvalue weighted by Gasteiger charge is 2.20. The van der Waals surface area contributed by atoms with Crippen LogP contribution in [0.25, 0.3) is 42.7 Å². The van der Waals surface area contributed by atoms with Crippen LogP contribution in [0, 0.1) is 0 Å². The molecule has 2 nitrogen and oxygen atoms in total. The Kier molecular flexibility index (Phi) is 3.04. The number of benzene rings is 2. The molecule has 0 saturated carbocycles. The van der Waals surface area contributed by atoms with Gasteiger partial charge in [-0.3, -0.25) is 0 Å². The standard InChI is InChI=1S/C18H10N2S3/c1-2-6-12-11(5-1)15(13-7-3-9-21-13)17-18(20-23-19-17)16(12)14-8-4-10-22-14/h1-10H. The molecule has 0 atom stereocenters. The molecule has 0 amide bonds. The van der Waals surface area contributed by atoms with Crippen molar-refractivity contribution in [2.75, 3.05) is 0 Å². The third kappa shape index (κ3) is 1.97. The minimum Gasteiger partial charge on any atom is -0.172 e. The third-order valence-corrected chi connectivity index (χ3v) is 6.27. The first kappa shape index (κ1) is 13.4. The summed E-state index contributed by atoms with van der Waals surface area (Å²) >= 11 is 4.80. The van der Waals surface area contributed by atoms with Gasteiger partial charge in [0.2, 0.25) is 0 Å². The number of nitrogens with zero attached hydrogens (tertiary/aromatic N) is 2. The molecule has 0 aliphatic rings. The number of hydrogen-bond donors (Lipinski definition) is 0. The molecule has 0 spiro atoms. The molecule has 0 N–H and O–H groups in total. The molecule has 0 radical (unpaired) electrons. The number of aromatic nitrogens is 2. The van der Waals surface area contributed by atoms with Gasteiger partial charge >= 0.3 is 0 Å². The van der Waals surface area contributed by atoms with Crippen molar-refractivity contribution in [1.29, 1.82) is 0 Å². The van der Waals surface area contributed by atoms with E-state index in [9.17, 15) is 0 Å². The average Bonchev–Trinajstić information content (AvgIpc) is 3.33. The van der Waals surface area contributed by atoms with Crippen LogP contribution in [0.5, 0.6) is 0 Å². The summed E-state index contributed by atoms with van der Waals surface area (Å²) in [5.74, 6) is 0. The second-order valence-corrected chi connectivity index (χ2v) is 7.64. The van der Waals surface area contributed by atoms with Crippen LogP contribution in [-0.2, 0) is 0 Å². The summed E-state index contributed by atoms with van der Waals surface area (Å²) in [7, 11) is 0. The van der Waals surface area contributed by atoms with Crippen molar-refractivity contribution in [3.8, 4) is 20.9 Å². The predicted octanol–water partition coefficient (Wildman–Crippen LogP) is 6.30. The molecular formula is C18H10N2S3. The number of hydrogen-bond acceptors (Lipinski definition) is 5. The highest BCUT2D eigenvalue weighted by atomic mass is 32.1. The summed E-state index contributed by atoms with van der Waals surface area (Å²) in [5, 5.41) is 6.73. The topological polar surface area (TPSA) is 25.8 Å². The van der Waals surface area contributed by atoms with E-state index in [-0.39, 0.29) is 0 Å². The van der Waals surface area contributed by atoms with Gasteiger partial charge in [-0.25, -0.2) is 0 Å². The Morgan fingerprint density at radius 3 is 1.57 bits per heavy atom. The van der Waals surface area contributed by atoms with Crippen LogP contribution in [0.3, 0.4) is 0 Å². The predicted molar refractivity (Wildman–Crippen MR) is 102 cm³/mol. The van der Waals surface area contributed by atoms with Gasteiger partial charge in [-0.15, -0.1) is 22.7 Å². The molecule has 5 rings (SSSR count). The van der Waals surface area contributed by atoms with Crippen LogP contribution in [0.15, 0.2) is 59.3 Å². The molecule has 0 aliphatic carbocycles. The van der Waals surface area contributed by atoms with Crippen molar-refractivity contribution in [2.45, 2.75) is 0 Å². The van der Waals surface area contributed by atoms with Gasteiger partial charge in [-0.2, -0.15) is 8.75 Å². The molecule has 0 saturated heterocycles. The zero-order valence-corrected chi connectivity index (χ0v) is 14.3. The third-order valence-electron chi connectivity index (χ3n) is 3.96. The Hall–Kier alpha value is -2.08. The fraction of sp³-hybridized carbons (Fsp3) is 0. The average molecular weight is 350 g/mol. The van der Waals surface area contributed by atoms with Crippen LogP contribution >= 0.6 is 34.4 Å². The van der Waals surface area contributed by atoms with E-state index in [1.807, 2.05) is 0 Å². The van der Waals surface area contributed by atoms with Gasteiger partial charge in [0.1, 0.15) is 11.0 Å². The maximum absolute atomic E-state index is 4.64. The molecule has 110 valence electrons. The molecule has 23 heavy (non-hydrogen) atoms. The summed E-state index contributed by atoms with van der Waals surface area (Å²) in [6.45, 7) is 0. The molecule has 0 unspecified atom stereocenters. The normalized spacial score (nSPS) is 11.5. The van der Waals surface area contributed by atoms with Crippen molar-refractivity contribution >= 4 is 56.2 Å². The molecule has 0 fully saturated rings. The Labute approximate surface area is 145 Å². The Bertz CT molecular complexity index is 1020. The molecule has 5 aromatic rings. The Balaban J connectivity index is 2.04. The quantitative estimate of drug-likeness (QED) is 0.373. The second-order valence-electron chi connectivity index (χ2n) is 5.21. The van der Waals surface area contributed by atoms with Gasteiger partial charge in [0.25, 0.3) is 0 Å². The fourth-order valence-electron chi connectivity index (χ4n) is 3.03. The molecule has 0 aliphatic heterocycles. The summed E-state index contributed by atoms with van der Waals surface area (Å²) in [6.07, 6.45) is 0. The summed E-state index contributed by atoms with van der Waals surface area (Å²) in [5.41, 5.74) is 4.44. The van der Waals surface area contributed by atoms with Gasteiger partial charge in [0.05, 0.1) is 11.7 Å². The summed E-state index contributed by atoms with van der Waals surface area (Å²) in [4.78, 5) is 2.49. The molecular weight excluding hydrogens is 340 g/mol. The first-order valence-electron chi connectivity index (χ1n) is 7.18. The SMILES string of the molecule is c1csc(-c2c3ccccc3c(-c3cccs3)c3nsnc23)c1. The lowest BCUT2D eigenvalue weighted by atomic mass is 9.95. The van der Waals surface area contributed by atoms with Gasteiger partial charge in [0, 0.05) is 20.9 Å². The first-order valence-corrected chi connectivity index (χ1v) is 9.67. The van der Waals surface area contributed by atoms with Crippen LogP contribution < -0.4 is 0 Å². The summed E-state index contributed by atoms with van der Waals surface area (Å²) < 4.78 is 9.27. The zero-order valence-electron chi connectivity index (χ0n) is 11.9. The van der Waals surface area contributed by atoms with Crippen LogP contribution in [-0.4, -0.2) is 8.75 Å². The molecule has 0 bridgehead atoms. The van der Waals surface area contributed by atoms with E-state index < -0.39 is 0 Å². The van der Waals surface area contributed by atoms with E-state index in [4.69, 9.17) is 0 Å². The van der Waals surface area contributed by atoms with Crippen LogP contribution in [0.2, 0.25) is 0 Å². The number of fused-ring (bicyclic) bond motifs is 2. The smallest absolute Gasteiger partial charge is 0.114 e. The molecule has 3 aromatic heterocycles. The lowest BCUT2D eigenvalue weighted by molar-refractivity contribution is 1.66. The zero-order chi connectivity index (χ0) is 15.2. The second kappa shape index (κ2) is 5.23. The molecule has 2 aromatic carbocycles.